The highest BCUT2D eigenvalue weighted by Crippen LogP contribution is 2.49. The van der Waals surface area contributed by atoms with Crippen LogP contribution in [0.15, 0.2) is 36.4 Å². The van der Waals surface area contributed by atoms with E-state index in [9.17, 15) is 14.9 Å². The minimum absolute atomic E-state index is 0.0330. The molecule has 0 atom stereocenters. The van der Waals surface area contributed by atoms with E-state index in [0.29, 0.717) is 35.1 Å². The van der Waals surface area contributed by atoms with Gasteiger partial charge < -0.3 is 15.0 Å². The fraction of sp³-hybridized carbons (Fsp3) is 0.0714. The summed E-state index contributed by atoms with van der Waals surface area (Å²) in [5.74, 6) is 0.775. The highest BCUT2D eigenvalue weighted by atomic mass is 16.6. The zero-order chi connectivity index (χ0) is 14.6. The van der Waals surface area contributed by atoms with Crippen molar-refractivity contribution >= 4 is 23.0 Å². The normalized spacial score (nSPS) is 14.7. The largest absolute Gasteiger partial charge is 0.453 e. The number of para-hydroxylation sites is 1. The maximum atomic E-state index is 11.9. The standard InChI is InChI=1S/C14H9N3O4/c18-14-9-2-1-3-11-13(9)16(7-15-14)10-5-4-8(17(19)20)6-12(10)21-11/h1-6H,7H2,(H,15,18). The number of amides is 1. The quantitative estimate of drug-likeness (QED) is 0.642. The third kappa shape index (κ3) is 1.57. The molecule has 0 bridgehead atoms. The first-order valence-corrected chi connectivity index (χ1v) is 6.30. The number of rotatable bonds is 1. The summed E-state index contributed by atoms with van der Waals surface area (Å²) < 4.78 is 5.74. The van der Waals surface area contributed by atoms with Crippen LogP contribution < -0.4 is 15.0 Å². The maximum absolute atomic E-state index is 11.9. The first-order valence-electron chi connectivity index (χ1n) is 6.30. The Hall–Kier alpha value is -3.09. The van der Waals surface area contributed by atoms with Gasteiger partial charge in [-0.15, -0.1) is 0 Å². The number of carbonyl (C=O) groups is 1. The Kier molecular flexibility index (Phi) is 2.20. The van der Waals surface area contributed by atoms with E-state index >= 15 is 0 Å². The fourth-order valence-electron chi connectivity index (χ4n) is 2.64. The molecule has 0 saturated carbocycles. The average molecular weight is 283 g/mol. The average Bonchev–Trinajstić information content (AvgIpc) is 2.49. The van der Waals surface area contributed by atoms with Crippen molar-refractivity contribution < 1.29 is 14.5 Å². The van der Waals surface area contributed by atoms with Crippen molar-refractivity contribution in [3.8, 4) is 11.5 Å². The number of benzene rings is 2. The number of anilines is 2. The van der Waals surface area contributed by atoms with Crippen molar-refractivity contribution in [2.75, 3.05) is 11.6 Å². The topological polar surface area (TPSA) is 84.7 Å². The molecule has 0 fully saturated rings. The number of non-ortho nitro benzene ring substituents is 1. The van der Waals surface area contributed by atoms with Crippen molar-refractivity contribution in [1.82, 2.24) is 5.32 Å². The minimum atomic E-state index is -0.465. The molecule has 2 heterocycles. The van der Waals surface area contributed by atoms with Gasteiger partial charge in [0.05, 0.1) is 34.6 Å². The molecule has 7 heteroatoms. The lowest BCUT2D eigenvalue weighted by molar-refractivity contribution is -0.384. The first kappa shape index (κ1) is 11.7. The van der Waals surface area contributed by atoms with Crippen molar-refractivity contribution in [2.45, 2.75) is 0 Å². The number of hydrogen-bond donors (Lipinski definition) is 1. The Balaban J connectivity index is 1.92. The zero-order valence-corrected chi connectivity index (χ0v) is 10.7. The molecule has 2 aliphatic heterocycles. The molecule has 21 heavy (non-hydrogen) atoms. The van der Waals surface area contributed by atoms with E-state index in [2.05, 4.69) is 5.32 Å². The molecule has 0 radical (unpaired) electrons. The molecule has 0 spiro atoms. The number of fused-ring (bicyclic) bond motifs is 2. The molecule has 104 valence electrons. The van der Waals surface area contributed by atoms with E-state index < -0.39 is 4.92 Å². The number of nitrogens with zero attached hydrogens (tertiary/aromatic N) is 2. The third-order valence-corrected chi connectivity index (χ3v) is 3.58. The van der Waals surface area contributed by atoms with E-state index in [4.69, 9.17) is 4.74 Å². The van der Waals surface area contributed by atoms with E-state index in [1.54, 1.807) is 24.3 Å². The van der Waals surface area contributed by atoms with Crippen LogP contribution in [0.2, 0.25) is 0 Å². The summed E-state index contributed by atoms with van der Waals surface area (Å²) in [6, 6.07) is 9.63. The van der Waals surface area contributed by atoms with Gasteiger partial charge in [0.1, 0.15) is 0 Å². The number of carbonyl (C=O) groups excluding carboxylic acids is 1. The molecule has 1 amide bonds. The van der Waals surface area contributed by atoms with E-state index in [-0.39, 0.29) is 11.6 Å². The van der Waals surface area contributed by atoms with Gasteiger partial charge in [-0.05, 0) is 18.2 Å². The van der Waals surface area contributed by atoms with Gasteiger partial charge in [0, 0.05) is 6.07 Å². The number of hydrogen-bond acceptors (Lipinski definition) is 5. The number of ether oxygens (including phenoxy) is 1. The maximum Gasteiger partial charge on any atom is 0.273 e. The zero-order valence-electron chi connectivity index (χ0n) is 10.7. The van der Waals surface area contributed by atoms with Gasteiger partial charge >= 0.3 is 0 Å². The predicted molar refractivity (Wildman–Crippen MR) is 74.1 cm³/mol. The Morgan fingerprint density at radius 3 is 2.90 bits per heavy atom. The highest BCUT2D eigenvalue weighted by Gasteiger charge is 2.33. The SMILES string of the molecule is O=C1NCN2c3ccc([N+](=O)[O-])cc3Oc3cccc1c32. The summed E-state index contributed by atoms with van der Waals surface area (Å²) in [4.78, 5) is 24.2. The molecule has 0 aromatic heterocycles. The first-order chi connectivity index (χ1) is 10.1. The van der Waals surface area contributed by atoms with Crippen LogP contribution >= 0.6 is 0 Å². The predicted octanol–water partition coefficient (Wildman–Crippen LogP) is 2.54. The summed E-state index contributed by atoms with van der Waals surface area (Å²) >= 11 is 0. The Morgan fingerprint density at radius 2 is 2.10 bits per heavy atom. The third-order valence-electron chi connectivity index (χ3n) is 3.58. The number of nitrogens with one attached hydrogen (secondary N) is 1. The van der Waals surface area contributed by atoms with Gasteiger partial charge in [-0.25, -0.2) is 0 Å². The summed E-state index contributed by atoms with van der Waals surface area (Å²) in [6.07, 6.45) is 0. The second kappa shape index (κ2) is 3.95. The lowest BCUT2D eigenvalue weighted by Crippen LogP contribution is -2.42. The minimum Gasteiger partial charge on any atom is -0.453 e. The van der Waals surface area contributed by atoms with E-state index in [0.717, 1.165) is 0 Å². The molecule has 7 nitrogen and oxygen atoms in total. The lowest BCUT2D eigenvalue weighted by Gasteiger charge is -2.36. The Bertz CT molecular complexity index is 803. The van der Waals surface area contributed by atoms with E-state index in [1.165, 1.54) is 12.1 Å². The van der Waals surface area contributed by atoms with Crippen LogP contribution in [-0.4, -0.2) is 17.5 Å². The smallest absolute Gasteiger partial charge is 0.273 e. The summed E-state index contributed by atoms with van der Waals surface area (Å²) in [5, 5.41) is 13.6. The number of nitro benzene ring substituents is 1. The van der Waals surface area contributed by atoms with Gasteiger partial charge in [0.15, 0.2) is 11.5 Å². The van der Waals surface area contributed by atoms with Gasteiger partial charge in [-0.1, -0.05) is 6.07 Å². The van der Waals surface area contributed by atoms with Crippen LogP contribution in [0.25, 0.3) is 0 Å². The van der Waals surface area contributed by atoms with Gasteiger partial charge in [0.2, 0.25) is 0 Å². The van der Waals surface area contributed by atoms with Gasteiger partial charge in [-0.3, -0.25) is 14.9 Å². The lowest BCUT2D eigenvalue weighted by atomic mass is 10.1. The van der Waals surface area contributed by atoms with Crippen LogP contribution in [0.3, 0.4) is 0 Å². The van der Waals surface area contributed by atoms with Gasteiger partial charge in [-0.2, -0.15) is 0 Å². The molecule has 0 saturated heterocycles. The van der Waals surface area contributed by atoms with Gasteiger partial charge in [0.25, 0.3) is 11.6 Å². The molecule has 0 unspecified atom stereocenters. The van der Waals surface area contributed by atoms with Crippen molar-refractivity contribution in [1.29, 1.82) is 0 Å². The molecular weight excluding hydrogens is 274 g/mol. The van der Waals surface area contributed by atoms with Crippen LogP contribution in [0.1, 0.15) is 10.4 Å². The summed E-state index contributed by atoms with van der Waals surface area (Å²) in [7, 11) is 0. The van der Waals surface area contributed by atoms with Crippen LogP contribution in [0, 0.1) is 10.1 Å². The molecule has 2 aromatic rings. The van der Waals surface area contributed by atoms with Crippen molar-refractivity contribution in [3.05, 3.63) is 52.1 Å². The highest BCUT2D eigenvalue weighted by molar-refractivity contribution is 6.05. The van der Waals surface area contributed by atoms with Crippen LogP contribution in [0.5, 0.6) is 11.5 Å². The summed E-state index contributed by atoms with van der Waals surface area (Å²) in [5.41, 5.74) is 1.89. The Labute approximate surface area is 118 Å². The van der Waals surface area contributed by atoms with E-state index in [1.807, 2.05) is 4.90 Å². The van der Waals surface area contributed by atoms with Crippen molar-refractivity contribution in [3.63, 3.8) is 0 Å². The second-order valence-corrected chi connectivity index (χ2v) is 4.76. The van der Waals surface area contributed by atoms with Crippen LogP contribution in [0.4, 0.5) is 17.1 Å². The molecule has 2 aliphatic rings. The second-order valence-electron chi connectivity index (χ2n) is 4.76. The monoisotopic (exact) mass is 283 g/mol. The van der Waals surface area contributed by atoms with Crippen LogP contribution in [-0.2, 0) is 0 Å². The Morgan fingerprint density at radius 1 is 1.24 bits per heavy atom. The summed E-state index contributed by atoms with van der Waals surface area (Å²) in [6.45, 7) is 0.303. The molecule has 1 N–H and O–H groups in total. The fourth-order valence-corrected chi connectivity index (χ4v) is 2.64. The molecule has 2 aromatic carbocycles. The molecular formula is C14H9N3O4. The number of nitro groups is 1. The molecule has 4 rings (SSSR count). The van der Waals surface area contributed by atoms with Crippen molar-refractivity contribution in [2.24, 2.45) is 0 Å². The molecule has 0 aliphatic carbocycles.